The van der Waals surface area contributed by atoms with Crippen molar-refractivity contribution in [1.82, 2.24) is 10.3 Å². The first-order valence-corrected chi connectivity index (χ1v) is 7.02. The molecule has 108 valence electrons. The van der Waals surface area contributed by atoms with Crippen LogP contribution in [0.1, 0.15) is 23.8 Å². The third-order valence-corrected chi connectivity index (χ3v) is 3.65. The number of rotatable bonds is 5. The van der Waals surface area contributed by atoms with Crippen molar-refractivity contribution in [2.24, 2.45) is 0 Å². The summed E-state index contributed by atoms with van der Waals surface area (Å²) < 4.78 is 19.4. The average Bonchev–Trinajstić information content (AvgIpc) is 2.94. The summed E-state index contributed by atoms with van der Waals surface area (Å²) in [4.78, 5) is 4.11. The molecule has 0 radical (unpaired) electrons. The summed E-state index contributed by atoms with van der Waals surface area (Å²) >= 11 is 0. The van der Waals surface area contributed by atoms with Gasteiger partial charge in [0.2, 0.25) is 0 Å². The molecule has 0 aliphatic carbocycles. The number of pyridine rings is 1. The number of hydrogen-bond acceptors (Lipinski definition) is 3. The lowest BCUT2D eigenvalue weighted by Gasteiger charge is -2.13. The fourth-order valence-electron chi connectivity index (χ4n) is 2.51. The van der Waals surface area contributed by atoms with Crippen LogP contribution >= 0.6 is 0 Å². The van der Waals surface area contributed by atoms with E-state index in [2.05, 4.69) is 16.4 Å². The van der Waals surface area contributed by atoms with Gasteiger partial charge in [-0.25, -0.2) is 4.39 Å². The van der Waals surface area contributed by atoms with E-state index in [0.717, 1.165) is 24.0 Å². The summed E-state index contributed by atoms with van der Waals surface area (Å²) in [5.74, 6) is 0.447. The molecular weight excluding hydrogens is 267 g/mol. The standard InChI is InChI=1S/C17H17FN2O/c1-19-15(8-7-12-4-3-9-20-11-12)16-10-13-5-2-6-14(18)17(13)21-16/h2-6,9-11,15,19H,7-8H2,1H3. The van der Waals surface area contributed by atoms with E-state index in [4.69, 9.17) is 4.42 Å². The minimum absolute atomic E-state index is 0.0528. The lowest BCUT2D eigenvalue weighted by atomic mass is 10.0. The summed E-state index contributed by atoms with van der Waals surface area (Å²) in [6, 6.07) is 10.9. The van der Waals surface area contributed by atoms with Crippen molar-refractivity contribution in [2.45, 2.75) is 18.9 Å². The molecule has 2 aromatic heterocycles. The van der Waals surface area contributed by atoms with Crippen molar-refractivity contribution in [3.8, 4) is 0 Å². The monoisotopic (exact) mass is 284 g/mol. The van der Waals surface area contributed by atoms with E-state index in [9.17, 15) is 4.39 Å². The van der Waals surface area contributed by atoms with Crippen LogP contribution in [-0.2, 0) is 6.42 Å². The molecule has 0 aliphatic rings. The highest BCUT2D eigenvalue weighted by Gasteiger charge is 2.16. The number of hydrogen-bond donors (Lipinski definition) is 1. The number of aromatic nitrogens is 1. The molecule has 2 heterocycles. The lowest BCUT2D eigenvalue weighted by Crippen LogP contribution is -2.16. The maximum absolute atomic E-state index is 13.7. The second-order valence-corrected chi connectivity index (χ2v) is 5.05. The highest BCUT2D eigenvalue weighted by molar-refractivity contribution is 5.78. The number of fused-ring (bicyclic) bond motifs is 1. The van der Waals surface area contributed by atoms with Gasteiger partial charge in [-0.05, 0) is 43.7 Å². The van der Waals surface area contributed by atoms with E-state index >= 15 is 0 Å². The Morgan fingerprint density at radius 3 is 2.90 bits per heavy atom. The van der Waals surface area contributed by atoms with E-state index in [1.165, 1.54) is 11.6 Å². The summed E-state index contributed by atoms with van der Waals surface area (Å²) in [7, 11) is 1.89. The molecule has 0 fully saturated rings. The minimum Gasteiger partial charge on any atom is -0.456 e. The predicted molar refractivity (Wildman–Crippen MR) is 80.5 cm³/mol. The molecule has 3 aromatic rings. The highest BCUT2D eigenvalue weighted by atomic mass is 19.1. The second kappa shape index (κ2) is 6.06. The molecular formula is C17H17FN2O. The van der Waals surface area contributed by atoms with Crippen LogP contribution in [0.4, 0.5) is 4.39 Å². The first kappa shape index (κ1) is 13.8. The molecule has 1 N–H and O–H groups in total. The van der Waals surface area contributed by atoms with Crippen LogP contribution in [0, 0.1) is 5.82 Å². The Bertz CT molecular complexity index is 724. The molecule has 1 atom stereocenters. The molecule has 0 amide bonds. The normalized spacial score (nSPS) is 12.7. The number of furan rings is 1. The zero-order valence-corrected chi connectivity index (χ0v) is 11.8. The van der Waals surface area contributed by atoms with Gasteiger partial charge in [0, 0.05) is 17.8 Å². The lowest BCUT2D eigenvalue weighted by molar-refractivity contribution is 0.426. The molecule has 0 saturated carbocycles. The first-order valence-electron chi connectivity index (χ1n) is 7.02. The first-order chi connectivity index (χ1) is 10.3. The van der Waals surface area contributed by atoms with Crippen LogP contribution in [0.5, 0.6) is 0 Å². The van der Waals surface area contributed by atoms with Crippen molar-refractivity contribution < 1.29 is 8.81 Å². The number of nitrogens with one attached hydrogen (secondary N) is 1. The summed E-state index contributed by atoms with van der Waals surface area (Å²) in [5.41, 5.74) is 1.51. The van der Waals surface area contributed by atoms with Gasteiger partial charge in [0.15, 0.2) is 11.4 Å². The van der Waals surface area contributed by atoms with E-state index in [1.807, 2.05) is 31.4 Å². The Morgan fingerprint density at radius 2 is 2.19 bits per heavy atom. The quantitative estimate of drug-likeness (QED) is 0.773. The third-order valence-electron chi connectivity index (χ3n) is 3.65. The Hall–Kier alpha value is -2.20. The van der Waals surface area contributed by atoms with Gasteiger partial charge >= 0.3 is 0 Å². The van der Waals surface area contributed by atoms with Crippen molar-refractivity contribution in [3.63, 3.8) is 0 Å². The van der Waals surface area contributed by atoms with Crippen molar-refractivity contribution in [1.29, 1.82) is 0 Å². The molecule has 0 saturated heterocycles. The van der Waals surface area contributed by atoms with Gasteiger partial charge in [-0.2, -0.15) is 0 Å². The molecule has 3 nitrogen and oxygen atoms in total. The SMILES string of the molecule is CNC(CCc1cccnc1)c1cc2cccc(F)c2o1. The predicted octanol–water partition coefficient (Wildman–Crippen LogP) is 3.86. The number of benzene rings is 1. The summed E-state index contributed by atoms with van der Waals surface area (Å²) in [6.45, 7) is 0. The maximum atomic E-state index is 13.7. The van der Waals surface area contributed by atoms with Crippen molar-refractivity contribution in [3.05, 3.63) is 65.9 Å². The molecule has 1 aromatic carbocycles. The topological polar surface area (TPSA) is 38.1 Å². The smallest absolute Gasteiger partial charge is 0.169 e. The van der Waals surface area contributed by atoms with E-state index in [-0.39, 0.29) is 11.9 Å². The Balaban J connectivity index is 1.80. The van der Waals surface area contributed by atoms with Gasteiger partial charge in [-0.3, -0.25) is 4.98 Å². The van der Waals surface area contributed by atoms with Gasteiger partial charge in [0.05, 0.1) is 6.04 Å². The zero-order chi connectivity index (χ0) is 14.7. The van der Waals surface area contributed by atoms with Crippen LogP contribution in [0.25, 0.3) is 11.0 Å². The highest BCUT2D eigenvalue weighted by Crippen LogP contribution is 2.28. The van der Waals surface area contributed by atoms with Crippen LogP contribution in [-0.4, -0.2) is 12.0 Å². The van der Waals surface area contributed by atoms with Crippen LogP contribution in [0.15, 0.2) is 53.2 Å². The zero-order valence-electron chi connectivity index (χ0n) is 11.8. The molecule has 0 spiro atoms. The van der Waals surface area contributed by atoms with Crippen molar-refractivity contribution in [2.75, 3.05) is 7.05 Å². The third kappa shape index (κ3) is 2.95. The molecule has 21 heavy (non-hydrogen) atoms. The Kier molecular flexibility index (Phi) is 3.97. The fraction of sp³-hybridized carbons (Fsp3) is 0.235. The number of para-hydroxylation sites is 1. The summed E-state index contributed by atoms with van der Waals surface area (Å²) in [5, 5.41) is 4.03. The molecule has 0 aliphatic heterocycles. The van der Waals surface area contributed by atoms with Gasteiger partial charge < -0.3 is 9.73 Å². The second-order valence-electron chi connectivity index (χ2n) is 5.05. The van der Waals surface area contributed by atoms with Crippen LogP contribution in [0.3, 0.4) is 0 Å². The average molecular weight is 284 g/mol. The Morgan fingerprint density at radius 1 is 1.29 bits per heavy atom. The van der Waals surface area contributed by atoms with Crippen molar-refractivity contribution >= 4 is 11.0 Å². The fourth-order valence-corrected chi connectivity index (χ4v) is 2.51. The maximum Gasteiger partial charge on any atom is 0.169 e. The number of nitrogens with zero attached hydrogens (tertiary/aromatic N) is 1. The van der Waals surface area contributed by atoms with Gasteiger partial charge in [0.1, 0.15) is 5.76 Å². The van der Waals surface area contributed by atoms with E-state index < -0.39 is 0 Å². The van der Waals surface area contributed by atoms with Gasteiger partial charge in [-0.1, -0.05) is 18.2 Å². The molecule has 4 heteroatoms. The number of halogens is 1. The van der Waals surface area contributed by atoms with E-state index in [0.29, 0.717) is 5.58 Å². The number of aryl methyl sites for hydroxylation is 1. The largest absolute Gasteiger partial charge is 0.456 e. The Labute approximate surface area is 122 Å². The van der Waals surface area contributed by atoms with Crippen LogP contribution < -0.4 is 5.32 Å². The van der Waals surface area contributed by atoms with E-state index in [1.54, 1.807) is 12.3 Å². The molecule has 0 bridgehead atoms. The van der Waals surface area contributed by atoms with Gasteiger partial charge in [-0.15, -0.1) is 0 Å². The molecule has 3 rings (SSSR count). The van der Waals surface area contributed by atoms with Gasteiger partial charge in [0.25, 0.3) is 0 Å². The minimum atomic E-state index is -0.319. The van der Waals surface area contributed by atoms with Crippen LogP contribution in [0.2, 0.25) is 0 Å². The molecule has 1 unspecified atom stereocenters. The summed E-state index contributed by atoms with van der Waals surface area (Å²) in [6.07, 6.45) is 5.38.